The topological polar surface area (TPSA) is 59.0 Å². The van der Waals surface area contributed by atoms with Crippen molar-refractivity contribution in [1.82, 2.24) is 20.4 Å². The van der Waals surface area contributed by atoms with E-state index >= 15 is 0 Å². The van der Waals surface area contributed by atoms with Gasteiger partial charge in [-0.25, -0.2) is 4.68 Å². The quantitative estimate of drug-likeness (QED) is 0.843. The summed E-state index contributed by atoms with van der Waals surface area (Å²) in [5.74, 6) is 0.635. The van der Waals surface area contributed by atoms with Crippen LogP contribution in [-0.4, -0.2) is 35.3 Å². The highest BCUT2D eigenvalue weighted by Crippen LogP contribution is 2.18. The lowest BCUT2D eigenvalue weighted by Gasteiger charge is -2.09. The van der Waals surface area contributed by atoms with Crippen LogP contribution >= 0.6 is 15.9 Å². The molecule has 0 spiro atoms. The minimum atomic E-state index is -0.0466. The Morgan fingerprint density at radius 2 is 2.39 bits per heavy atom. The fraction of sp³-hybridized carbons (Fsp3) is 0.412. The molecule has 1 saturated heterocycles. The van der Waals surface area contributed by atoms with Gasteiger partial charge < -0.3 is 10.6 Å². The molecule has 6 heteroatoms. The standard InChI is InChI=1S/C17H21BrN4O/c1-12-16(17(23)20-8-6-13-5-7-19-10-13)11-21-22(12)15-4-2-3-14(18)9-15/h2-4,9,11,13,19H,5-8,10H2,1H3,(H,20,23). The third-order valence-electron chi connectivity index (χ3n) is 4.31. The van der Waals surface area contributed by atoms with E-state index in [1.807, 2.05) is 31.2 Å². The van der Waals surface area contributed by atoms with Crippen LogP contribution in [0.25, 0.3) is 5.69 Å². The maximum atomic E-state index is 12.4. The van der Waals surface area contributed by atoms with Gasteiger partial charge in [-0.05, 0) is 57.0 Å². The van der Waals surface area contributed by atoms with Crippen molar-refractivity contribution in [1.29, 1.82) is 0 Å². The minimum absolute atomic E-state index is 0.0466. The Morgan fingerprint density at radius 1 is 1.52 bits per heavy atom. The van der Waals surface area contributed by atoms with Crippen molar-refractivity contribution < 1.29 is 4.79 Å². The highest BCUT2D eigenvalue weighted by atomic mass is 79.9. The van der Waals surface area contributed by atoms with E-state index < -0.39 is 0 Å². The molecule has 5 nitrogen and oxygen atoms in total. The van der Waals surface area contributed by atoms with Crippen LogP contribution in [0.15, 0.2) is 34.9 Å². The monoisotopic (exact) mass is 376 g/mol. The fourth-order valence-electron chi connectivity index (χ4n) is 2.95. The Hall–Kier alpha value is -1.66. The summed E-state index contributed by atoms with van der Waals surface area (Å²) in [5.41, 5.74) is 2.42. The molecule has 23 heavy (non-hydrogen) atoms. The second kappa shape index (κ2) is 7.27. The van der Waals surface area contributed by atoms with Crippen LogP contribution in [0.4, 0.5) is 0 Å². The van der Waals surface area contributed by atoms with Crippen LogP contribution in [0.3, 0.4) is 0 Å². The van der Waals surface area contributed by atoms with Gasteiger partial charge in [-0.3, -0.25) is 4.79 Å². The zero-order valence-electron chi connectivity index (χ0n) is 13.2. The summed E-state index contributed by atoms with van der Waals surface area (Å²) in [6.07, 6.45) is 3.87. The molecule has 122 valence electrons. The molecule has 1 atom stereocenters. The Kier molecular flexibility index (Phi) is 5.13. The number of hydrogen-bond donors (Lipinski definition) is 2. The van der Waals surface area contributed by atoms with Crippen molar-refractivity contribution >= 4 is 21.8 Å². The number of carbonyl (C=O) groups is 1. The minimum Gasteiger partial charge on any atom is -0.352 e. The highest BCUT2D eigenvalue weighted by Gasteiger charge is 2.17. The molecular formula is C17H21BrN4O. The number of halogens is 1. The molecule has 0 radical (unpaired) electrons. The average Bonchev–Trinajstić information content (AvgIpc) is 3.17. The van der Waals surface area contributed by atoms with Gasteiger partial charge in [-0.2, -0.15) is 5.10 Å². The first-order chi connectivity index (χ1) is 11.1. The van der Waals surface area contributed by atoms with Crippen molar-refractivity contribution in [2.45, 2.75) is 19.8 Å². The molecule has 0 saturated carbocycles. The largest absolute Gasteiger partial charge is 0.352 e. The van der Waals surface area contributed by atoms with Crippen LogP contribution in [0.1, 0.15) is 28.9 Å². The van der Waals surface area contributed by atoms with Gasteiger partial charge in [0.25, 0.3) is 5.91 Å². The Morgan fingerprint density at radius 3 is 3.13 bits per heavy atom. The first kappa shape index (κ1) is 16.2. The Bertz CT molecular complexity index is 692. The maximum Gasteiger partial charge on any atom is 0.254 e. The van der Waals surface area contributed by atoms with Crippen LogP contribution in [-0.2, 0) is 0 Å². The first-order valence-electron chi connectivity index (χ1n) is 7.94. The number of nitrogens with one attached hydrogen (secondary N) is 2. The van der Waals surface area contributed by atoms with Crippen LogP contribution in [0, 0.1) is 12.8 Å². The lowest BCUT2D eigenvalue weighted by atomic mass is 10.1. The predicted octanol–water partition coefficient (Wildman–Crippen LogP) is 2.67. The zero-order chi connectivity index (χ0) is 16.2. The number of hydrogen-bond acceptors (Lipinski definition) is 3. The SMILES string of the molecule is Cc1c(C(=O)NCCC2CCNC2)cnn1-c1cccc(Br)c1. The third kappa shape index (κ3) is 3.82. The second-order valence-electron chi connectivity index (χ2n) is 5.94. The van der Waals surface area contributed by atoms with E-state index in [2.05, 4.69) is 31.7 Å². The van der Waals surface area contributed by atoms with Gasteiger partial charge in [0.05, 0.1) is 23.1 Å². The van der Waals surface area contributed by atoms with Gasteiger partial charge in [-0.1, -0.05) is 22.0 Å². The fourth-order valence-corrected chi connectivity index (χ4v) is 3.33. The second-order valence-corrected chi connectivity index (χ2v) is 6.85. The van der Waals surface area contributed by atoms with Crippen molar-refractivity contribution in [3.05, 3.63) is 46.2 Å². The van der Waals surface area contributed by atoms with Gasteiger partial charge in [0, 0.05) is 11.0 Å². The van der Waals surface area contributed by atoms with Crippen molar-refractivity contribution in [2.24, 2.45) is 5.92 Å². The number of aromatic nitrogens is 2. The summed E-state index contributed by atoms with van der Waals surface area (Å²) in [4.78, 5) is 12.4. The van der Waals surface area contributed by atoms with Crippen LogP contribution in [0.5, 0.6) is 0 Å². The van der Waals surface area contributed by atoms with E-state index in [4.69, 9.17) is 0 Å². The molecule has 2 N–H and O–H groups in total. The zero-order valence-corrected chi connectivity index (χ0v) is 14.8. The van der Waals surface area contributed by atoms with Gasteiger partial charge in [0.1, 0.15) is 0 Å². The van der Waals surface area contributed by atoms with Crippen molar-refractivity contribution in [3.8, 4) is 5.69 Å². The van der Waals surface area contributed by atoms with E-state index in [1.54, 1.807) is 10.9 Å². The molecule has 3 rings (SSSR count). The van der Waals surface area contributed by atoms with Gasteiger partial charge in [-0.15, -0.1) is 0 Å². The van der Waals surface area contributed by atoms with E-state index in [0.717, 1.165) is 35.4 Å². The number of benzene rings is 1. The molecule has 0 bridgehead atoms. The molecule has 1 aliphatic rings. The van der Waals surface area contributed by atoms with Gasteiger partial charge >= 0.3 is 0 Å². The van der Waals surface area contributed by atoms with Crippen LogP contribution < -0.4 is 10.6 Å². The number of rotatable bonds is 5. The highest BCUT2D eigenvalue weighted by molar-refractivity contribution is 9.10. The molecule has 1 aromatic heterocycles. The molecule has 2 aromatic rings. The predicted molar refractivity (Wildman–Crippen MR) is 93.9 cm³/mol. The van der Waals surface area contributed by atoms with Gasteiger partial charge in [0.2, 0.25) is 0 Å². The molecule has 1 unspecified atom stereocenters. The van der Waals surface area contributed by atoms with Gasteiger partial charge in [0.15, 0.2) is 0 Å². The summed E-state index contributed by atoms with van der Waals surface area (Å²) in [5, 5.41) is 10.7. The molecule has 1 aromatic carbocycles. The molecular weight excluding hydrogens is 356 g/mol. The average molecular weight is 377 g/mol. The molecule has 1 fully saturated rings. The number of carbonyl (C=O) groups excluding carboxylic acids is 1. The van der Waals surface area contributed by atoms with E-state index in [0.29, 0.717) is 18.0 Å². The maximum absolute atomic E-state index is 12.4. The molecule has 0 aliphatic carbocycles. The lowest BCUT2D eigenvalue weighted by molar-refractivity contribution is 0.0951. The number of amides is 1. The van der Waals surface area contributed by atoms with Crippen molar-refractivity contribution in [3.63, 3.8) is 0 Å². The Labute approximate surface area is 144 Å². The first-order valence-corrected chi connectivity index (χ1v) is 8.74. The normalized spacial score (nSPS) is 17.4. The van der Waals surface area contributed by atoms with Crippen molar-refractivity contribution in [2.75, 3.05) is 19.6 Å². The molecule has 1 amide bonds. The van der Waals surface area contributed by atoms with E-state index in [-0.39, 0.29) is 5.91 Å². The summed E-state index contributed by atoms with van der Waals surface area (Å²) < 4.78 is 2.78. The van der Waals surface area contributed by atoms with Crippen LogP contribution in [0.2, 0.25) is 0 Å². The smallest absolute Gasteiger partial charge is 0.254 e. The summed E-state index contributed by atoms with van der Waals surface area (Å²) in [6.45, 7) is 4.79. The van der Waals surface area contributed by atoms with E-state index in [9.17, 15) is 4.79 Å². The van der Waals surface area contributed by atoms with E-state index in [1.165, 1.54) is 6.42 Å². The molecule has 2 heterocycles. The summed E-state index contributed by atoms with van der Waals surface area (Å²) in [7, 11) is 0. The Balaban J connectivity index is 1.65. The summed E-state index contributed by atoms with van der Waals surface area (Å²) >= 11 is 3.46. The summed E-state index contributed by atoms with van der Waals surface area (Å²) in [6, 6.07) is 7.87. The number of nitrogens with zero attached hydrogens (tertiary/aromatic N) is 2. The third-order valence-corrected chi connectivity index (χ3v) is 4.80. The molecule has 1 aliphatic heterocycles. The lowest BCUT2D eigenvalue weighted by Crippen LogP contribution is -2.26.